The molecule has 0 aromatic heterocycles. The Labute approximate surface area is 103 Å². The van der Waals surface area contributed by atoms with Crippen molar-refractivity contribution < 1.29 is 23.0 Å². The number of benzene rings is 1. The second-order valence-corrected chi connectivity index (χ2v) is 3.32. The van der Waals surface area contributed by atoms with E-state index in [1.54, 1.807) is 6.07 Å². The predicted molar refractivity (Wildman–Crippen MR) is 58.2 cm³/mol. The number of carbonyl (C=O) groups is 1. The van der Waals surface area contributed by atoms with Crippen LogP contribution in [0.1, 0.15) is 18.1 Å². The van der Waals surface area contributed by atoms with Crippen LogP contribution in [-0.4, -0.2) is 19.7 Å². The summed E-state index contributed by atoms with van der Waals surface area (Å²) in [6.45, 7) is 1.29. The molecule has 0 radical (unpaired) electrons. The van der Waals surface area contributed by atoms with Crippen molar-refractivity contribution in [3.63, 3.8) is 0 Å². The second-order valence-electron chi connectivity index (χ2n) is 3.32. The molecule has 0 fully saturated rings. The van der Waals surface area contributed by atoms with E-state index in [0.29, 0.717) is 0 Å². The fraction of sp³-hybridized carbons (Fsp3) is 0.333. The molecule has 96 valence electrons. The van der Waals surface area contributed by atoms with Crippen molar-refractivity contribution in [3.05, 3.63) is 29.3 Å². The Morgan fingerprint density at radius 1 is 1.50 bits per heavy atom. The zero-order valence-corrected chi connectivity index (χ0v) is 9.87. The van der Waals surface area contributed by atoms with Gasteiger partial charge in [0.05, 0.1) is 30.9 Å². The van der Waals surface area contributed by atoms with Crippen LogP contribution in [0.2, 0.25) is 0 Å². The Bertz CT molecular complexity index is 495. The molecule has 18 heavy (non-hydrogen) atoms. The number of ether oxygens (including phenoxy) is 2. The lowest BCUT2D eigenvalue weighted by molar-refractivity contribution is -0.173. The maximum absolute atomic E-state index is 13.8. The average molecular weight is 255 g/mol. The first-order valence-corrected chi connectivity index (χ1v) is 5.11. The van der Waals surface area contributed by atoms with Gasteiger partial charge in [0.15, 0.2) is 0 Å². The molecule has 0 aliphatic rings. The molecular weight excluding hydrogens is 244 g/mol. The van der Waals surface area contributed by atoms with Gasteiger partial charge >= 0.3 is 11.9 Å². The van der Waals surface area contributed by atoms with Gasteiger partial charge in [-0.3, -0.25) is 0 Å². The number of carbonyl (C=O) groups excluding carboxylic acids is 1. The molecule has 0 N–H and O–H groups in total. The van der Waals surface area contributed by atoms with Crippen molar-refractivity contribution in [1.29, 1.82) is 5.26 Å². The van der Waals surface area contributed by atoms with Crippen molar-refractivity contribution in [1.82, 2.24) is 0 Å². The van der Waals surface area contributed by atoms with E-state index >= 15 is 0 Å². The summed E-state index contributed by atoms with van der Waals surface area (Å²) in [7, 11) is 1.18. The highest BCUT2D eigenvalue weighted by Crippen LogP contribution is 2.36. The number of nitrogens with zero attached hydrogens (tertiary/aromatic N) is 1. The smallest absolute Gasteiger partial charge is 0.382 e. The third-order valence-electron chi connectivity index (χ3n) is 2.20. The molecule has 0 saturated carbocycles. The van der Waals surface area contributed by atoms with Crippen molar-refractivity contribution in [2.45, 2.75) is 12.8 Å². The van der Waals surface area contributed by atoms with Crippen molar-refractivity contribution >= 4 is 5.97 Å². The SMILES string of the molecule is CCOC(=O)C(F)(F)c1ccc(C#N)cc1OC. The number of alkyl halides is 2. The molecule has 0 amide bonds. The normalized spacial score (nSPS) is 10.6. The Morgan fingerprint density at radius 3 is 2.67 bits per heavy atom. The topological polar surface area (TPSA) is 59.3 Å². The summed E-state index contributed by atoms with van der Waals surface area (Å²) >= 11 is 0. The van der Waals surface area contributed by atoms with Crippen molar-refractivity contribution in [2.24, 2.45) is 0 Å². The van der Waals surface area contributed by atoms with Gasteiger partial charge in [0.2, 0.25) is 0 Å². The first-order chi connectivity index (χ1) is 8.47. The molecule has 0 heterocycles. The van der Waals surface area contributed by atoms with Crippen molar-refractivity contribution in [3.8, 4) is 11.8 Å². The summed E-state index contributed by atoms with van der Waals surface area (Å²) in [6, 6.07) is 5.10. The fourth-order valence-electron chi connectivity index (χ4n) is 1.35. The first kappa shape index (κ1) is 13.9. The Kier molecular flexibility index (Phi) is 4.21. The summed E-state index contributed by atoms with van der Waals surface area (Å²) in [5.41, 5.74) is -0.460. The molecule has 0 unspecified atom stereocenters. The van der Waals surface area contributed by atoms with Gasteiger partial charge in [-0.1, -0.05) is 0 Å². The second kappa shape index (κ2) is 5.45. The Balaban J connectivity index is 3.24. The van der Waals surface area contributed by atoms with Crippen LogP contribution in [0.5, 0.6) is 5.75 Å². The fourth-order valence-corrected chi connectivity index (χ4v) is 1.35. The number of nitriles is 1. The van der Waals surface area contributed by atoms with Gasteiger partial charge in [-0.05, 0) is 25.1 Å². The van der Waals surface area contributed by atoms with E-state index in [9.17, 15) is 13.6 Å². The monoisotopic (exact) mass is 255 g/mol. The minimum atomic E-state index is -3.81. The lowest BCUT2D eigenvalue weighted by Gasteiger charge is -2.17. The number of hydrogen-bond acceptors (Lipinski definition) is 4. The molecule has 6 heteroatoms. The number of halogens is 2. The highest BCUT2D eigenvalue weighted by Gasteiger charge is 2.45. The molecule has 1 rings (SSSR count). The largest absolute Gasteiger partial charge is 0.496 e. The maximum Gasteiger partial charge on any atom is 0.382 e. The maximum atomic E-state index is 13.8. The number of methoxy groups -OCH3 is 1. The van der Waals surface area contributed by atoms with Gasteiger partial charge in [-0.15, -0.1) is 0 Å². The zero-order valence-electron chi connectivity index (χ0n) is 9.87. The van der Waals surface area contributed by atoms with Gasteiger partial charge in [0, 0.05) is 0 Å². The van der Waals surface area contributed by atoms with Crippen LogP contribution in [0.25, 0.3) is 0 Å². The minimum Gasteiger partial charge on any atom is -0.496 e. The third-order valence-corrected chi connectivity index (χ3v) is 2.20. The molecule has 1 aromatic carbocycles. The van der Waals surface area contributed by atoms with E-state index in [1.807, 2.05) is 0 Å². The van der Waals surface area contributed by atoms with Gasteiger partial charge in [-0.2, -0.15) is 14.0 Å². The van der Waals surface area contributed by atoms with Crippen LogP contribution in [-0.2, 0) is 15.5 Å². The number of esters is 1. The first-order valence-electron chi connectivity index (χ1n) is 5.11. The highest BCUT2D eigenvalue weighted by atomic mass is 19.3. The van der Waals surface area contributed by atoms with E-state index in [0.717, 1.165) is 12.1 Å². The molecule has 0 atom stereocenters. The van der Waals surface area contributed by atoms with Crippen LogP contribution in [0.3, 0.4) is 0 Å². The molecule has 4 nitrogen and oxygen atoms in total. The van der Waals surface area contributed by atoms with E-state index in [4.69, 9.17) is 10.00 Å². The van der Waals surface area contributed by atoms with Crippen LogP contribution in [0.15, 0.2) is 18.2 Å². The molecule has 0 saturated heterocycles. The third kappa shape index (κ3) is 2.56. The summed E-state index contributed by atoms with van der Waals surface area (Å²) in [4.78, 5) is 11.2. The van der Waals surface area contributed by atoms with Crippen LogP contribution in [0.4, 0.5) is 8.78 Å². The van der Waals surface area contributed by atoms with E-state index in [1.165, 1.54) is 20.1 Å². The summed E-state index contributed by atoms with van der Waals surface area (Å²) in [5, 5.41) is 8.66. The molecule has 0 aliphatic carbocycles. The molecule has 0 bridgehead atoms. The lowest BCUT2D eigenvalue weighted by atomic mass is 10.0. The Hall–Kier alpha value is -2.16. The van der Waals surface area contributed by atoms with Gasteiger partial charge < -0.3 is 9.47 Å². The van der Waals surface area contributed by atoms with E-state index < -0.39 is 17.5 Å². The molecular formula is C12H11F2NO3. The standard InChI is InChI=1S/C12H11F2NO3/c1-3-18-11(16)12(13,14)9-5-4-8(7-15)6-10(9)17-2/h4-6H,3H2,1-2H3. The molecule has 0 spiro atoms. The number of rotatable bonds is 4. The van der Waals surface area contributed by atoms with Crippen LogP contribution < -0.4 is 4.74 Å². The van der Waals surface area contributed by atoms with E-state index in [-0.39, 0.29) is 17.9 Å². The highest BCUT2D eigenvalue weighted by molar-refractivity contribution is 5.80. The van der Waals surface area contributed by atoms with Gasteiger partial charge in [-0.25, -0.2) is 4.79 Å². The number of hydrogen-bond donors (Lipinski definition) is 0. The lowest BCUT2D eigenvalue weighted by Crippen LogP contribution is -2.28. The quantitative estimate of drug-likeness (QED) is 0.774. The van der Waals surface area contributed by atoms with Crippen LogP contribution in [0, 0.1) is 11.3 Å². The zero-order chi connectivity index (χ0) is 13.8. The molecule has 0 aliphatic heterocycles. The van der Waals surface area contributed by atoms with E-state index in [2.05, 4.69) is 4.74 Å². The van der Waals surface area contributed by atoms with Crippen LogP contribution >= 0.6 is 0 Å². The summed E-state index contributed by atoms with van der Waals surface area (Å²) in [5.74, 6) is -5.69. The minimum absolute atomic E-state index is 0.146. The summed E-state index contributed by atoms with van der Waals surface area (Å²) in [6.07, 6.45) is 0. The average Bonchev–Trinajstić information content (AvgIpc) is 2.38. The Morgan fingerprint density at radius 2 is 2.17 bits per heavy atom. The van der Waals surface area contributed by atoms with Crippen molar-refractivity contribution in [2.75, 3.05) is 13.7 Å². The molecule has 1 aromatic rings. The predicted octanol–water partition coefficient (Wildman–Crippen LogP) is 2.22. The van der Waals surface area contributed by atoms with Gasteiger partial charge in [0.1, 0.15) is 5.75 Å². The summed E-state index contributed by atoms with van der Waals surface area (Å²) < 4.78 is 36.6. The van der Waals surface area contributed by atoms with Gasteiger partial charge in [0.25, 0.3) is 0 Å².